The Labute approximate surface area is 215 Å². The van der Waals surface area contributed by atoms with Crippen LogP contribution in [0.5, 0.6) is 0 Å². The van der Waals surface area contributed by atoms with Crippen LogP contribution in [0.2, 0.25) is 0 Å². The fourth-order valence-electron chi connectivity index (χ4n) is 2.00. The SMILES string of the molecule is CC.CC.Cc1cccc(C(C)(C)C)c1.[3H][V][3H].[3H]c1ccc(C(C)(C)C)cc1.[V].[V]. The van der Waals surface area contributed by atoms with Crippen molar-refractivity contribution in [3.63, 3.8) is 0 Å². The van der Waals surface area contributed by atoms with Gasteiger partial charge in [-0.3, -0.25) is 0 Å². The standard InChI is InChI=1S/C11H16.C10H14.2C2H6.3V.2H/c1-9-6-5-7-10(8-9)11(2,3)4;1-10(2,3)9-7-5-4-6-8-9;2*1-2;;;;;/h5-8H,1-4H3;4-8H,1-3H3;2*1-2H3;;;;;/i;4T;;;;;;2*1+2. The zero-order chi connectivity index (χ0) is 23.7. The summed E-state index contributed by atoms with van der Waals surface area (Å²) in [4.78, 5) is 0. The molecule has 2 aromatic carbocycles. The number of rotatable bonds is 0. The molecular weight excluding hydrogens is 453 g/mol. The van der Waals surface area contributed by atoms with Crippen molar-refractivity contribution in [1.29, 1.82) is 1.76 Å². The molecule has 28 heavy (non-hydrogen) atoms. The van der Waals surface area contributed by atoms with Gasteiger partial charge in [-0.05, 0) is 28.9 Å². The third-order valence-electron chi connectivity index (χ3n) is 3.47. The molecule has 0 spiro atoms. The van der Waals surface area contributed by atoms with E-state index in [2.05, 4.69) is 72.7 Å². The first kappa shape index (κ1) is 30.4. The summed E-state index contributed by atoms with van der Waals surface area (Å²) in [5.74, 6) is 0. The third-order valence-corrected chi connectivity index (χ3v) is 3.47. The van der Waals surface area contributed by atoms with Gasteiger partial charge in [0.25, 0.3) is 0 Å². The summed E-state index contributed by atoms with van der Waals surface area (Å²) in [5, 5.41) is 0. The Morgan fingerprint density at radius 1 is 0.714 bits per heavy atom. The van der Waals surface area contributed by atoms with Crippen molar-refractivity contribution < 1.29 is 56.7 Å². The van der Waals surface area contributed by atoms with Crippen LogP contribution in [0.4, 0.5) is 0 Å². The zero-order valence-corrected chi connectivity index (χ0v) is 24.2. The van der Waals surface area contributed by atoms with E-state index in [4.69, 9.17) is 3.13 Å². The molecular formula is C25H44V3. The molecule has 0 amide bonds. The fourth-order valence-corrected chi connectivity index (χ4v) is 2.00. The van der Waals surface area contributed by atoms with Gasteiger partial charge in [0.2, 0.25) is 0 Å². The van der Waals surface area contributed by atoms with Crippen molar-refractivity contribution >= 4 is 0 Å². The predicted octanol–water partition coefficient (Wildman–Crippen LogP) is 7.79. The Morgan fingerprint density at radius 3 is 1.36 bits per heavy atom. The molecule has 0 aliphatic heterocycles. The average molecular weight is 503 g/mol. The van der Waals surface area contributed by atoms with Gasteiger partial charge < -0.3 is 0 Å². The van der Waals surface area contributed by atoms with Gasteiger partial charge in [0.15, 0.2) is 0 Å². The van der Waals surface area contributed by atoms with Crippen LogP contribution in [0, 0.1) is 6.92 Å². The Bertz CT molecular complexity index is 617. The summed E-state index contributed by atoms with van der Waals surface area (Å²) in [7, 11) is 0. The third kappa shape index (κ3) is 18.2. The van der Waals surface area contributed by atoms with Gasteiger partial charge in [0, 0.05) is 37.1 Å². The van der Waals surface area contributed by atoms with Crippen molar-refractivity contribution in [2.75, 3.05) is 0 Å². The molecule has 0 aromatic heterocycles. The smallest absolute Gasteiger partial charge is 0.0622 e. The van der Waals surface area contributed by atoms with Gasteiger partial charge >= 0.3 is 20.0 Å². The first-order valence-electron chi connectivity index (χ1n) is 11.0. The van der Waals surface area contributed by atoms with Crippen molar-refractivity contribution in [2.24, 2.45) is 0 Å². The van der Waals surface area contributed by atoms with E-state index in [-0.39, 0.29) is 47.9 Å². The maximum absolute atomic E-state index is 7.30. The van der Waals surface area contributed by atoms with Crippen LogP contribution < -0.4 is 0 Å². The van der Waals surface area contributed by atoms with Crippen molar-refractivity contribution in [2.45, 2.75) is 87.0 Å². The molecule has 0 nitrogen and oxygen atoms in total. The van der Waals surface area contributed by atoms with Crippen LogP contribution in [-0.4, -0.2) is 1.76 Å². The molecule has 0 fully saturated rings. The maximum Gasteiger partial charge on any atom is 0.0623 e. The molecule has 0 heterocycles. The molecule has 0 saturated carbocycles. The quantitative estimate of drug-likeness (QED) is 0.344. The van der Waals surface area contributed by atoms with Crippen molar-refractivity contribution in [1.82, 2.24) is 0 Å². The first-order valence-corrected chi connectivity index (χ1v) is 9.64. The Kier molecular flexibility index (Phi) is 22.2. The molecule has 0 bridgehead atoms. The topological polar surface area (TPSA) is 0 Å². The van der Waals surface area contributed by atoms with E-state index in [1.165, 1.54) is 16.7 Å². The van der Waals surface area contributed by atoms with E-state index in [0.29, 0.717) is 6.04 Å². The summed E-state index contributed by atoms with van der Waals surface area (Å²) in [6.45, 7) is 23.4. The minimum absolute atomic E-state index is 0. The summed E-state index contributed by atoms with van der Waals surface area (Å²) in [6, 6.07) is 17.0. The van der Waals surface area contributed by atoms with Crippen LogP contribution in [0.15, 0.2) is 54.6 Å². The molecule has 2 radical (unpaired) electrons. The second-order valence-electron chi connectivity index (χ2n) is 7.66. The van der Waals surface area contributed by atoms with Crippen LogP contribution in [0.25, 0.3) is 0 Å². The fraction of sp³-hybridized carbons (Fsp3) is 0.520. The molecule has 0 saturated heterocycles. The average Bonchev–Trinajstić information content (AvgIpc) is 2.65. The minimum Gasteiger partial charge on any atom is -0.0622 e. The van der Waals surface area contributed by atoms with E-state index in [1.54, 1.807) is 0 Å². The van der Waals surface area contributed by atoms with Crippen LogP contribution >= 0.6 is 0 Å². The normalized spacial score (nSPS) is 10.2. The van der Waals surface area contributed by atoms with Gasteiger partial charge in [0.05, 0.1) is 1.37 Å². The van der Waals surface area contributed by atoms with Crippen LogP contribution in [0.3, 0.4) is 0 Å². The summed E-state index contributed by atoms with van der Waals surface area (Å²) >= 11 is -0.812. The summed E-state index contributed by atoms with van der Waals surface area (Å²) in [5.41, 5.74) is 4.53. The van der Waals surface area contributed by atoms with Gasteiger partial charge in [-0.25, -0.2) is 0 Å². The van der Waals surface area contributed by atoms with Gasteiger partial charge in [0.1, 0.15) is 0 Å². The molecule has 2 aromatic rings. The van der Waals surface area contributed by atoms with Crippen molar-refractivity contribution in [3.8, 4) is 0 Å². The molecule has 0 N–H and O–H groups in total. The maximum atomic E-state index is 7.30. The number of benzene rings is 2. The van der Waals surface area contributed by atoms with E-state index < -0.39 is 18.3 Å². The molecule has 2 rings (SSSR count). The molecule has 0 aliphatic carbocycles. The Hall–Kier alpha value is 0.193. The monoisotopic (exact) mass is 503 g/mol. The largest absolute Gasteiger partial charge is 0.0623 e. The second-order valence-corrected chi connectivity index (χ2v) is 7.66. The second kappa shape index (κ2) is 20.5. The molecule has 159 valence electrons. The summed E-state index contributed by atoms with van der Waals surface area (Å²) in [6.07, 6.45) is 0. The van der Waals surface area contributed by atoms with E-state index in [9.17, 15) is 0 Å². The van der Waals surface area contributed by atoms with E-state index in [1.807, 2.05) is 52.0 Å². The Balaban J connectivity index is -0.000000108. The Morgan fingerprint density at radius 2 is 1.07 bits per heavy atom. The van der Waals surface area contributed by atoms with Crippen LogP contribution in [-0.2, 0) is 66.2 Å². The molecule has 3 heteroatoms. The van der Waals surface area contributed by atoms with E-state index in [0.717, 1.165) is 0 Å². The molecule has 0 atom stereocenters. The molecule has 0 unspecified atom stereocenters. The van der Waals surface area contributed by atoms with Gasteiger partial charge in [-0.15, -0.1) is 0 Å². The summed E-state index contributed by atoms with van der Waals surface area (Å²) < 4.78 is 19.2. The zero-order valence-electron chi connectivity index (χ0n) is 23.0. The minimum atomic E-state index is -0.812. The van der Waals surface area contributed by atoms with Gasteiger partial charge in [-0.2, -0.15) is 0 Å². The predicted molar refractivity (Wildman–Crippen MR) is 121 cm³/mol. The van der Waals surface area contributed by atoms with Crippen molar-refractivity contribution in [3.05, 3.63) is 71.3 Å². The number of hydrogen-bond donors (Lipinski definition) is 0. The van der Waals surface area contributed by atoms with Crippen LogP contribution in [0.1, 0.15) is 87.3 Å². The first-order chi connectivity index (χ1) is 13.4. The number of hydrogen-bond acceptors (Lipinski definition) is 0. The number of aryl methyl sites for hydroxylation is 1. The molecule has 0 aliphatic rings. The van der Waals surface area contributed by atoms with E-state index >= 15 is 0 Å². The van der Waals surface area contributed by atoms with Gasteiger partial charge in [-0.1, -0.05) is 129 Å².